The number of aliphatic hydroxyl groups is 1. The number of aromatic nitrogens is 2. The van der Waals surface area contributed by atoms with Crippen LogP contribution < -0.4 is 5.32 Å². The van der Waals surface area contributed by atoms with E-state index in [4.69, 9.17) is 0 Å². The highest BCUT2D eigenvalue weighted by Crippen LogP contribution is 2.43. The summed E-state index contributed by atoms with van der Waals surface area (Å²) in [5.41, 5.74) is 1.40. The van der Waals surface area contributed by atoms with Crippen molar-refractivity contribution < 1.29 is 9.90 Å². The minimum absolute atomic E-state index is 0.0352. The van der Waals surface area contributed by atoms with Crippen molar-refractivity contribution in [3.05, 3.63) is 22.8 Å². The number of carbonyl (C=O) groups is 1. The van der Waals surface area contributed by atoms with Crippen molar-refractivity contribution in [2.45, 2.75) is 69.4 Å². The van der Waals surface area contributed by atoms with Crippen LogP contribution in [-0.4, -0.2) is 33.1 Å². The zero-order chi connectivity index (χ0) is 17.7. The molecule has 0 aliphatic heterocycles. The van der Waals surface area contributed by atoms with Crippen LogP contribution in [0, 0.1) is 11.8 Å². The van der Waals surface area contributed by atoms with Crippen LogP contribution in [0.5, 0.6) is 0 Å². The normalized spacial score (nSPS) is 27.4. The molecule has 0 radical (unpaired) electrons. The molecule has 2 aromatic rings. The molecule has 1 unspecified atom stereocenters. The summed E-state index contributed by atoms with van der Waals surface area (Å²) in [5.74, 6) is 1.55. The van der Waals surface area contributed by atoms with Crippen LogP contribution in [-0.2, 0) is 0 Å². The highest BCUT2D eigenvalue weighted by atomic mass is 32.1. The van der Waals surface area contributed by atoms with Crippen molar-refractivity contribution in [3.8, 4) is 0 Å². The average Bonchev–Trinajstić information content (AvgIpc) is 3.57. The van der Waals surface area contributed by atoms with E-state index in [9.17, 15) is 9.90 Å². The van der Waals surface area contributed by atoms with Gasteiger partial charge in [-0.1, -0.05) is 0 Å². The first kappa shape index (κ1) is 16.6. The maximum atomic E-state index is 12.6. The Morgan fingerprint density at radius 1 is 1.12 bits per heavy atom. The lowest BCUT2D eigenvalue weighted by atomic mass is 9.81. The van der Waals surface area contributed by atoms with Gasteiger partial charge in [-0.3, -0.25) is 4.79 Å². The van der Waals surface area contributed by atoms with Gasteiger partial charge in [-0.05, 0) is 69.3 Å². The molecule has 0 spiro atoms. The summed E-state index contributed by atoms with van der Waals surface area (Å²) in [5, 5.41) is 14.6. The maximum Gasteiger partial charge on any atom is 0.253 e. The van der Waals surface area contributed by atoms with Gasteiger partial charge in [0.15, 0.2) is 5.65 Å². The fraction of sp³-hybridized carbons (Fsp3) is 0.650. The molecule has 3 fully saturated rings. The van der Waals surface area contributed by atoms with Crippen molar-refractivity contribution in [1.82, 2.24) is 15.3 Å². The fourth-order valence-corrected chi connectivity index (χ4v) is 5.30. The van der Waals surface area contributed by atoms with Crippen LogP contribution in [0.3, 0.4) is 0 Å². The summed E-state index contributed by atoms with van der Waals surface area (Å²) in [6.07, 6.45) is 10.3. The Bertz CT molecular complexity index is 820. The largest absolute Gasteiger partial charge is 0.393 e. The molecule has 3 saturated carbocycles. The minimum Gasteiger partial charge on any atom is -0.393 e. The summed E-state index contributed by atoms with van der Waals surface area (Å²) in [6, 6.07) is 2.15. The minimum atomic E-state index is -0.120. The summed E-state index contributed by atoms with van der Waals surface area (Å²) in [4.78, 5) is 21.6. The number of fused-ring (bicyclic) bond motifs is 1. The Balaban J connectivity index is 1.20. The number of nitrogens with zero attached hydrogens (tertiary/aromatic N) is 2. The molecule has 3 aliphatic carbocycles. The fourth-order valence-electron chi connectivity index (χ4n) is 4.16. The molecular formula is C20H25N3O2S. The smallest absolute Gasteiger partial charge is 0.253 e. The number of aliphatic hydroxyl groups excluding tert-OH is 1. The van der Waals surface area contributed by atoms with E-state index in [1.54, 1.807) is 17.5 Å². The molecule has 6 heteroatoms. The second-order valence-electron chi connectivity index (χ2n) is 8.29. The third-order valence-electron chi connectivity index (χ3n) is 6.15. The Kier molecular flexibility index (Phi) is 4.20. The van der Waals surface area contributed by atoms with Crippen molar-refractivity contribution >= 4 is 27.6 Å². The number of nitrogens with one attached hydrogen (secondary N) is 1. The van der Waals surface area contributed by atoms with Crippen LogP contribution in [0.15, 0.2) is 12.3 Å². The number of thiazole rings is 1. The third kappa shape index (κ3) is 3.37. The summed E-state index contributed by atoms with van der Waals surface area (Å²) in [6.45, 7) is 0. The van der Waals surface area contributed by atoms with Gasteiger partial charge in [0, 0.05) is 18.2 Å². The molecule has 3 aliphatic rings. The van der Waals surface area contributed by atoms with Gasteiger partial charge in [-0.15, -0.1) is 11.3 Å². The van der Waals surface area contributed by atoms with E-state index in [0.29, 0.717) is 23.3 Å². The maximum absolute atomic E-state index is 12.6. The standard InChI is InChI=1S/C20H25N3O2S/c24-17(11-1-2-11)12-5-7-15(8-6-12)22-19(25)14-9-16-18(21-10-14)23-20(26-16)13-3-4-13/h9-13,15,17,24H,1-8H2,(H,22,25)/t12-,15-,17?. The van der Waals surface area contributed by atoms with Gasteiger partial charge in [0.2, 0.25) is 0 Å². The molecule has 26 heavy (non-hydrogen) atoms. The highest BCUT2D eigenvalue weighted by molar-refractivity contribution is 7.18. The molecule has 138 valence electrons. The van der Waals surface area contributed by atoms with Crippen LogP contribution in [0.2, 0.25) is 0 Å². The van der Waals surface area contributed by atoms with Crippen molar-refractivity contribution in [2.24, 2.45) is 11.8 Å². The van der Waals surface area contributed by atoms with E-state index >= 15 is 0 Å². The van der Waals surface area contributed by atoms with Crippen LogP contribution in [0.4, 0.5) is 0 Å². The predicted octanol–water partition coefficient (Wildman–Crippen LogP) is 3.63. The van der Waals surface area contributed by atoms with Gasteiger partial charge in [0.05, 0.1) is 21.4 Å². The van der Waals surface area contributed by atoms with Crippen LogP contribution >= 0.6 is 11.3 Å². The van der Waals surface area contributed by atoms with Crippen molar-refractivity contribution in [2.75, 3.05) is 0 Å². The quantitative estimate of drug-likeness (QED) is 0.842. The molecule has 2 N–H and O–H groups in total. The Morgan fingerprint density at radius 2 is 1.81 bits per heavy atom. The van der Waals surface area contributed by atoms with Gasteiger partial charge in [-0.25, -0.2) is 9.97 Å². The lowest BCUT2D eigenvalue weighted by Gasteiger charge is -2.32. The number of rotatable bonds is 5. The van der Waals surface area contributed by atoms with E-state index in [1.165, 1.54) is 25.7 Å². The van der Waals surface area contributed by atoms with Crippen molar-refractivity contribution in [1.29, 1.82) is 0 Å². The Hall–Kier alpha value is -1.53. The first-order chi connectivity index (χ1) is 12.7. The number of pyridine rings is 1. The van der Waals surface area contributed by atoms with Gasteiger partial charge in [-0.2, -0.15) is 0 Å². The van der Waals surface area contributed by atoms with E-state index in [1.807, 2.05) is 6.07 Å². The lowest BCUT2D eigenvalue weighted by Crippen LogP contribution is -2.39. The molecule has 5 rings (SSSR count). The second-order valence-corrected chi connectivity index (χ2v) is 9.35. The van der Waals surface area contributed by atoms with E-state index in [-0.39, 0.29) is 18.1 Å². The zero-order valence-corrected chi connectivity index (χ0v) is 15.7. The van der Waals surface area contributed by atoms with Gasteiger partial charge in [0.25, 0.3) is 5.91 Å². The van der Waals surface area contributed by atoms with E-state index in [0.717, 1.165) is 41.0 Å². The Labute approximate surface area is 157 Å². The molecule has 2 aromatic heterocycles. The first-order valence-electron chi connectivity index (χ1n) is 9.93. The molecule has 0 aromatic carbocycles. The lowest BCUT2D eigenvalue weighted by molar-refractivity contribution is 0.0590. The summed E-state index contributed by atoms with van der Waals surface area (Å²) >= 11 is 1.68. The van der Waals surface area contributed by atoms with Gasteiger partial charge >= 0.3 is 0 Å². The number of carbonyl (C=O) groups excluding carboxylic acids is 1. The molecular weight excluding hydrogens is 346 g/mol. The summed E-state index contributed by atoms with van der Waals surface area (Å²) < 4.78 is 1.01. The molecule has 2 heterocycles. The Morgan fingerprint density at radius 3 is 2.46 bits per heavy atom. The topological polar surface area (TPSA) is 75.1 Å². The number of hydrogen-bond donors (Lipinski definition) is 2. The SMILES string of the molecule is O=C(N[C@H]1CC[C@H](C(O)C2CC2)CC1)c1cnc2nc(C3CC3)sc2c1. The monoisotopic (exact) mass is 371 g/mol. The van der Waals surface area contributed by atoms with Crippen molar-refractivity contribution in [3.63, 3.8) is 0 Å². The average molecular weight is 372 g/mol. The zero-order valence-electron chi connectivity index (χ0n) is 14.9. The highest BCUT2D eigenvalue weighted by Gasteiger charge is 2.37. The first-order valence-corrected chi connectivity index (χ1v) is 10.7. The molecule has 1 amide bonds. The molecule has 5 nitrogen and oxygen atoms in total. The molecule has 0 saturated heterocycles. The van der Waals surface area contributed by atoms with Crippen LogP contribution in [0.1, 0.15) is 72.7 Å². The third-order valence-corrected chi connectivity index (χ3v) is 7.30. The second kappa shape index (κ2) is 6.57. The molecule has 1 atom stereocenters. The number of amides is 1. The predicted molar refractivity (Wildman–Crippen MR) is 101 cm³/mol. The molecule has 0 bridgehead atoms. The van der Waals surface area contributed by atoms with Crippen LogP contribution in [0.25, 0.3) is 10.3 Å². The van der Waals surface area contributed by atoms with Gasteiger partial charge in [0.1, 0.15) is 0 Å². The van der Waals surface area contributed by atoms with Gasteiger partial charge < -0.3 is 10.4 Å². The summed E-state index contributed by atoms with van der Waals surface area (Å²) in [7, 11) is 0. The van der Waals surface area contributed by atoms with E-state index in [2.05, 4.69) is 15.3 Å². The van der Waals surface area contributed by atoms with E-state index < -0.39 is 0 Å². The number of hydrogen-bond acceptors (Lipinski definition) is 5.